The number of rotatable bonds is 4. The number of hydrogen-bond acceptors (Lipinski definition) is 3. The predicted molar refractivity (Wildman–Crippen MR) is 54.7 cm³/mol. The van der Waals surface area contributed by atoms with E-state index in [9.17, 15) is 10.2 Å². The molecule has 1 aromatic heterocycles. The van der Waals surface area contributed by atoms with Crippen LogP contribution in [0.1, 0.15) is 31.2 Å². The maximum atomic E-state index is 9.74. The molecule has 2 nitrogen and oxygen atoms in total. The van der Waals surface area contributed by atoms with E-state index in [-0.39, 0.29) is 5.92 Å². The van der Waals surface area contributed by atoms with E-state index in [1.54, 1.807) is 0 Å². The Labute approximate surface area is 82.8 Å². The maximum absolute atomic E-state index is 9.74. The summed E-state index contributed by atoms with van der Waals surface area (Å²) in [5.74, 6) is 0.136. The fourth-order valence-electron chi connectivity index (χ4n) is 1.18. The Hall–Kier alpha value is -0.380. The van der Waals surface area contributed by atoms with Crippen molar-refractivity contribution >= 4 is 11.3 Å². The van der Waals surface area contributed by atoms with Crippen molar-refractivity contribution in [1.82, 2.24) is 0 Å². The smallest absolute Gasteiger partial charge is 0.114 e. The van der Waals surface area contributed by atoms with Crippen LogP contribution in [0, 0.1) is 5.92 Å². The fraction of sp³-hybridized carbons (Fsp3) is 0.600. The lowest BCUT2D eigenvalue weighted by molar-refractivity contribution is -0.0130. The first-order valence-electron chi connectivity index (χ1n) is 4.56. The van der Waals surface area contributed by atoms with E-state index in [4.69, 9.17) is 0 Å². The van der Waals surface area contributed by atoms with Crippen LogP contribution in [0.2, 0.25) is 0 Å². The van der Waals surface area contributed by atoms with E-state index < -0.39 is 12.2 Å². The molecule has 0 spiro atoms. The van der Waals surface area contributed by atoms with Gasteiger partial charge in [0.1, 0.15) is 6.10 Å². The van der Waals surface area contributed by atoms with Gasteiger partial charge >= 0.3 is 0 Å². The second kappa shape index (κ2) is 4.74. The zero-order valence-corrected chi connectivity index (χ0v) is 8.79. The van der Waals surface area contributed by atoms with E-state index in [0.717, 1.165) is 11.3 Å². The largest absolute Gasteiger partial charge is 0.390 e. The van der Waals surface area contributed by atoms with Gasteiger partial charge in [-0.3, -0.25) is 0 Å². The molecule has 0 bridgehead atoms. The van der Waals surface area contributed by atoms with Crippen molar-refractivity contribution in [3.63, 3.8) is 0 Å². The van der Waals surface area contributed by atoms with Gasteiger partial charge in [-0.05, 0) is 17.4 Å². The van der Waals surface area contributed by atoms with Gasteiger partial charge in [-0.1, -0.05) is 26.3 Å². The summed E-state index contributed by atoms with van der Waals surface area (Å²) in [7, 11) is 0. The average Bonchev–Trinajstić information content (AvgIpc) is 2.67. The highest BCUT2D eigenvalue weighted by Crippen LogP contribution is 2.26. The molecule has 0 saturated heterocycles. The molecule has 3 heteroatoms. The first-order chi connectivity index (χ1) is 6.16. The molecule has 1 unspecified atom stereocenters. The molecule has 0 saturated carbocycles. The second-order valence-electron chi connectivity index (χ2n) is 3.34. The maximum Gasteiger partial charge on any atom is 0.114 e. The third-order valence-corrected chi connectivity index (χ3v) is 3.33. The highest BCUT2D eigenvalue weighted by molar-refractivity contribution is 7.10. The number of hydrogen-bond donors (Lipinski definition) is 2. The van der Waals surface area contributed by atoms with Crippen LogP contribution < -0.4 is 0 Å². The molecule has 0 fully saturated rings. The summed E-state index contributed by atoms with van der Waals surface area (Å²) in [5.41, 5.74) is 0. The molecule has 0 amide bonds. The molecule has 13 heavy (non-hydrogen) atoms. The molecule has 0 aliphatic carbocycles. The number of aliphatic hydroxyl groups is 2. The van der Waals surface area contributed by atoms with Crippen molar-refractivity contribution < 1.29 is 10.2 Å². The molecule has 0 aliphatic heterocycles. The van der Waals surface area contributed by atoms with Crippen LogP contribution in [0.25, 0.3) is 0 Å². The van der Waals surface area contributed by atoms with Crippen molar-refractivity contribution in [1.29, 1.82) is 0 Å². The summed E-state index contributed by atoms with van der Waals surface area (Å²) in [6, 6.07) is 3.73. The molecule has 1 heterocycles. The highest BCUT2D eigenvalue weighted by atomic mass is 32.1. The van der Waals surface area contributed by atoms with E-state index in [1.165, 1.54) is 11.3 Å². The van der Waals surface area contributed by atoms with Crippen molar-refractivity contribution in [2.75, 3.05) is 0 Å². The Bertz CT molecular complexity index is 233. The van der Waals surface area contributed by atoms with E-state index in [1.807, 2.05) is 31.4 Å². The minimum Gasteiger partial charge on any atom is -0.390 e. The van der Waals surface area contributed by atoms with Gasteiger partial charge in [-0.15, -0.1) is 11.3 Å². The minimum absolute atomic E-state index is 0.136. The van der Waals surface area contributed by atoms with Crippen molar-refractivity contribution in [3.8, 4) is 0 Å². The van der Waals surface area contributed by atoms with Crippen LogP contribution in [0.15, 0.2) is 17.5 Å². The van der Waals surface area contributed by atoms with Crippen LogP contribution in [0.3, 0.4) is 0 Å². The van der Waals surface area contributed by atoms with Gasteiger partial charge in [0.15, 0.2) is 0 Å². The molecule has 0 radical (unpaired) electrons. The van der Waals surface area contributed by atoms with Crippen LogP contribution >= 0.6 is 11.3 Å². The Balaban J connectivity index is 2.62. The Morgan fingerprint density at radius 2 is 2.15 bits per heavy atom. The molecule has 0 aliphatic rings. The van der Waals surface area contributed by atoms with Gasteiger partial charge in [0.2, 0.25) is 0 Å². The molecule has 74 valence electrons. The summed E-state index contributed by atoms with van der Waals surface area (Å²) in [6.45, 7) is 3.95. The first kappa shape index (κ1) is 10.7. The summed E-state index contributed by atoms with van der Waals surface area (Å²) in [5, 5.41) is 21.4. The molecule has 2 N–H and O–H groups in total. The van der Waals surface area contributed by atoms with Crippen LogP contribution in [-0.4, -0.2) is 16.3 Å². The van der Waals surface area contributed by atoms with Crippen molar-refractivity contribution in [2.45, 2.75) is 32.5 Å². The SMILES string of the molecule is CCC(C)[C@@H](O)[C@@H](O)c1cccs1. The van der Waals surface area contributed by atoms with Crippen molar-refractivity contribution in [3.05, 3.63) is 22.4 Å². The third kappa shape index (κ3) is 2.53. The summed E-state index contributed by atoms with van der Waals surface area (Å²) in [4.78, 5) is 0.841. The van der Waals surface area contributed by atoms with Crippen molar-refractivity contribution in [2.24, 2.45) is 5.92 Å². The van der Waals surface area contributed by atoms with Gasteiger partial charge in [-0.2, -0.15) is 0 Å². The van der Waals surface area contributed by atoms with E-state index in [2.05, 4.69) is 0 Å². The number of thiophene rings is 1. The first-order valence-corrected chi connectivity index (χ1v) is 5.44. The molecular formula is C10H16O2S. The van der Waals surface area contributed by atoms with Crippen LogP contribution in [0.5, 0.6) is 0 Å². The van der Waals surface area contributed by atoms with Gasteiger partial charge in [0.05, 0.1) is 6.10 Å². The van der Waals surface area contributed by atoms with Crippen LogP contribution in [-0.2, 0) is 0 Å². The predicted octanol–water partition coefficient (Wildman–Crippen LogP) is 2.19. The average molecular weight is 200 g/mol. The van der Waals surface area contributed by atoms with Gasteiger partial charge in [0.25, 0.3) is 0 Å². The lowest BCUT2D eigenvalue weighted by Gasteiger charge is -2.21. The van der Waals surface area contributed by atoms with Crippen LogP contribution in [0.4, 0.5) is 0 Å². The quantitative estimate of drug-likeness (QED) is 0.782. The Kier molecular flexibility index (Phi) is 3.90. The lowest BCUT2D eigenvalue weighted by atomic mass is 9.96. The molecule has 1 rings (SSSR count). The third-order valence-electron chi connectivity index (χ3n) is 2.39. The van der Waals surface area contributed by atoms with E-state index >= 15 is 0 Å². The van der Waals surface area contributed by atoms with Gasteiger partial charge in [-0.25, -0.2) is 0 Å². The zero-order chi connectivity index (χ0) is 9.84. The fourth-order valence-corrected chi connectivity index (χ4v) is 1.93. The minimum atomic E-state index is -0.727. The summed E-state index contributed by atoms with van der Waals surface area (Å²) in [6.07, 6.45) is -0.498. The lowest BCUT2D eigenvalue weighted by Crippen LogP contribution is -2.24. The Morgan fingerprint density at radius 1 is 1.46 bits per heavy atom. The van der Waals surface area contributed by atoms with Gasteiger partial charge in [0, 0.05) is 4.88 Å². The molecule has 3 atom stereocenters. The van der Waals surface area contributed by atoms with E-state index in [0.29, 0.717) is 0 Å². The summed E-state index contributed by atoms with van der Waals surface area (Å²) < 4.78 is 0. The second-order valence-corrected chi connectivity index (χ2v) is 4.32. The van der Waals surface area contributed by atoms with Gasteiger partial charge < -0.3 is 10.2 Å². The number of aliphatic hydroxyl groups excluding tert-OH is 2. The standard InChI is InChI=1S/C10H16O2S/c1-3-7(2)9(11)10(12)8-5-4-6-13-8/h4-7,9-12H,3H2,1-2H3/t7?,9-,10+/m1/s1. The Morgan fingerprint density at radius 3 is 2.62 bits per heavy atom. The normalized spacial score (nSPS) is 18.2. The monoisotopic (exact) mass is 200 g/mol. The zero-order valence-electron chi connectivity index (χ0n) is 7.97. The topological polar surface area (TPSA) is 40.5 Å². The molecule has 1 aromatic rings. The highest BCUT2D eigenvalue weighted by Gasteiger charge is 2.23. The molecular weight excluding hydrogens is 184 g/mol. The summed E-state index contributed by atoms with van der Waals surface area (Å²) >= 11 is 1.48. The molecule has 0 aromatic carbocycles.